The minimum absolute atomic E-state index is 0.0386. The third-order valence-corrected chi connectivity index (χ3v) is 9.78. The highest BCUT2D eigenvalue weighted by Crippen LogP contribution is 2.33. The van der Waals surface area contributed by atoms with Crippen LogP contribution in [0.15, 0.2) is 77.7 Å². The predicted molar refractivity (Wildman–Crippen MR) is 170 cm³/mol. The average molecular weight is 647 g/mol. The Labute approximate surface area is 264 Å². The lowest BCUT2D eigenvalue weighted by Gasteiger charge is -2.33. The molecule has 4 rings (SSSR count). The van der Waals surface area contributed by atoms with Crippen LogP contribution in [0.1, 0.15) is 51.5 Å². The normalized spacial score (nSPS) is 14.5. The molecule has 2 amide bonds. The van der Waals surface area contributed by atoms with Crippen LogP contribution >= 0.6 is 23.2 Å². The molecule has 11 heteroatoms. The number of halogens is 2. The lowest BCUT2D eigenvalue weighted by atomic mass is 9.95. The molecule has 0 saturated heterocycles. The Balaban J connectivity index is 1.71. The topological polar surface area (TPSA) is 96.0 Å². The molecule has 1 aliphatic carbocycles. The molecule has 1 fully saturated rings. The first-order valence-corrected chi connectivity index (χ1v) is 16.6. The summed E-state index contributed by atoms with van der Waals surface area (Å²) < 4.78 is 35.0. The molecule has 3 aromatic carbocycles. The van der Waals surface area contributed by atoms with Gasteiger partial charge >= 0.3 is 0 Å². The van der Waals surface area contributed by atoms with Gasteiger partial charge in [-0.15, -0.1) is 0 Å². The number of sulfonamides is 1. The van der Waals surface area contributed by atoms with Crippen LogP contribution in [0.25, 0.3) is 0 Å². The fraction of sp³-hybridized carbons (Fsp3) is 0.375. The number of benzene rings is 3. The highest BCUT2D eigenvalue weighted by Gasteiger charge is 2.34. The number of carbonyl (C=O) groups excluding carboxylic acids is 2. The molecule has 0 heterocycles. The van der Waals surface area contributed by atoms with E-state index in [0.29, 0.717) is 22.4 Å². The van der Waals surface area contributed by atoms with Crippen molar-refractivity contribution in [2.75, 3.05) is 17.5 Å². The summed E-state index contributed by atoms with van der Waals surface area (Å²) in [5.41, 5.74) is 0.954. The quantitative estimate of drug-likeness (QED) is 0.244. The number of hydrogen-bond donors (Lipinski definition) is 1. The molecule has 0 radical (unpaired) electrons. The van der Waals surface area contributed by atoms with E-state index in [1.165, 1.54) is 29.2 Å². The van der Waals surface area contributed by atoms with Crippen LogP contribution < -0.4 is 14.4 Å². The number of nitrogens with zero attached hydrogens (tertiary/aromatic N) is 2. The Bertz CT molecular complexity index is 1490. The fourth-order valence-electron chi connectivity index (χ4n) is 5.13. The van der Waals surface area contributed by atoms with Gasteiger partial charge in [0.2, 0.25) is 11.8 Å². The Morgan fingerprint density at radius 3 is 2.16 bits per heavy atom. The van der Waals surface area contributed by atoms with Gasteiger partial charge in [-0.1, -0.05) is 66.7 Å². The van der Waals surface area contributed by atoms with Crippen molar-refractivity contribution in [1.82, 2.24) is 10.2 Å². The summed E-state index contributed by atoms with van der Waals surface area (Å²) >= 11 is 12.1. The van der Waals surface area contributed by atoms with E-state index in [2.05, 4.69) is 5.32 Å². The van der Waals surface area contributed by atoms with Gasteiger partial charge in [0.15, 0.2) is 0 Å². The number of amides is 2. The van der Waals surface area contributed by atoms with Crippen LogP contribution in [0.5, 0.6) is 5.75 Å². The largest absolute Gasteiger partial charge is 0.492 e. The summed E-state index contributed by atoms with van der Waals surface area (Å²) in [6.07, 6.45) is 5.02. The van der Waals surface area contributed by atoms with E-state index in [4.69, 9.17) is 27.9 Å². The van der Waals surface area contributed by atoms with Gasteiger partial charge < -0.3 is 15.0 Å². The molecule has 230 valence electrons. The molecule has 43 heavy (non-hydrogen) atoms. The van der Waals surface area contributed by atoms with E-state index in [9.17, 15) is 18.0 Å². The molecule has 1 aliphatic rings. The van der Waals surface area contributed by atoms with E-state index < -0.39 is 28.5 Å². The summed E-state index contributed by atoms with van der Waals surface area (Å²) in [6.45, 7) is 3.26. The number of anilines is 1. The maximum atomic E-state index is 14.2. The van der Waals surface area contributed by atoms with Gasteiger partial charge in [-0.05, 0) is 80.8 Å². The zero-order valence-corrected chi connectivity index (χ0v) is 26.7. The van der Waals surface area contributed by atoms with E-state index in [0.717, 1.165) is 42.0 Å². The van der Waals surface area contributed by atoms with E-state index >= 15 is 0 Å². The smallest absolute Gasteiger partial charge is 0.264 e. The van der Waals surface area contributed by atoms with Crippen molar-refractivity contribution in [3.05, 3.63) is 88.4 Å². The highest BCUT2D eigenvalue weighted by atomic mass is 35.5. The zero-order valence-electron chi connectivity index (χ0n) is 24.3. The van der Waals surface area contributed by atoms with Crippen molar-refractivity contribution in [3.8, 4) is 5.75 Å². The molecule has 0 bridgehead atoms. The molecule has 1 atom stereocenters. The fourth-order valence-corrected chi connectivity index (χ4v) is 6.80. The molecular formula is C32H37Cl2N3O5S. The molecule has 0 spiro atoms. The van der Waals surface area contributed by atoms with Crippen molar-refractivity contribution in [2.24, 2.45) is 0 Å². The standard InChI is InChI=1S/C32H37Cl2N3O5S/c1-3-42-30-12-8-7-11-29(30)37(43(40,41)28-19-17-26(34)18-20-28)22-31(38)36(21-24-13-15-25(33)16-14-24)23(2)32(39)35-27-9-5-4-6-10-27/h7-8,11-20,23,27H,3-6,9-10,21-22H2,1-2H3,(H,35,39)/t23-/m1/s1. The summed E-state index contributed by atoms with van der Waals surface area (Å²) in [4.78, 5) is 29.0. The highest BCUT2D eigenvalue weighted by molar-refractivity contribution is 7.92. The van der Waals surface area contributed by atoms with Crippen LogP contribution in [-0.2, 0) is 26.2 Å². The van der Waals surface area contributed by atoms with Crippen LogP contribution in [-0.4, -0.2) is 50.4 Å². The Morgan fingerprint density at radius 1 is 0.930 bits per heavy atom. The number of nitrogens with one attached hydrogen (secondary N) is 1. The summed E-state index contributed by atoms with van der Waals surface area (Å²) in [5.74, 6) is -0.524. The number of hydrogen-bond acceptors (Lipinski definition) is 5. The molecule has 0 aromatic heterocycles. The second kappa shape index (κ2) is 14.9. The maximum absolute atomic E-state index is 14.2. The lowest BCUT2D eigenvalue weighted by molar-refractivity contribution is -0.139. The second-order valence-electron chi connectivity index (χ2n) is 10.5. The van der Waals surface area contributed by atoms with Gasteiger partial charge in [-0.3, -0.25) is 13.9 Å². The van der Waals surface area contributed by atoms with Crippen LogP contribution in [0.3, 0.4) is 0 Å². The number of ether oxygens (including phenoxy) is 1. The number of rotatable bonds is 12. The summed E-state index contributed by atoms with van der Waals surface area (Å²) in [6, 6.07) is 18.6. The van der Waals surface area contributed by atoms with E-state index in [1.807, 2.05) is 0 Å². The van der Waals surface area contributed by atoms with E-state index in [-0.39, 0.29) is 29.1 Å². The Kier molecular flexibility index (Phi) is 11.3. The van der Waals surface area contributed by atoms with Gasteiger partial charge in [0.1, 0.15) is 18.3 Å². The SMILES string of the molecule is CCOc1ccccc1N(CC(=O)N(Cc1ccc(Cl)cc1)[C@H](C)C(=O)NC1CCCCC1)S(=O)(=O)c1ccc(Cl)cc1. The third-order valence-electron chi connectivity index (χ3n) is 7.50. The van der Waals surface area contributed by atoms with Crippen molar-refractivity contribution in [3.63, 3.8) is 0 Å². The number of para-hydroxylation sites is 2. The lowest BCUT2D eigenvalue weighted by Crippen LogP contribution is -2.53. The molecule has 0 aliphatic heterocycles. The van der Waals surface area contributed by atoms with Crippen molar-refractivity contribution < 1.29 is 22.7 Å². The van der Waals surface area contributed by atoms with Crippen LogP contribution in [0.2, 0.25) is 10.0 Å². The monoisotopic (exact) mass is 645 g/mol. The first-order chi connectivity index (χ1) is 20.6. The van der Waals surface area contributed by atoms with E-state index in [1.54, 1.807) is 62.4 Å². The van der Waals surface area contributed by atoms with Crippen molar-refractivity contribution in [2.45, 2.75) is 69.5 Å². The van der Waals surface area contributed by atoms with Crippen LogP contribution in [0, 0.1) is 0 Å². The van der Waals surface area contributed by atoms with Gasteiger partial charge in [0.05, 0.1) is 17.2 Å². The molecular weight excluding hydrogens is 609 g/mol. The third kappa shape index (κ3) is 8.43. The minimum atomic E-state index is -4.26. The number of carbonyl (C=O) groups is 2. The molecule has 1 saturated carbocycles. The van der Waals surface area contributed by atoms with Crippen molar-refractivity contribution in [1.29, 1.82) is 0 Å². The Morgan fingerprint density at radius 2 is 1.53 bits per heavy atom. The van der Waals surface area contributed by atoms with Gasteiger partial charge in [-0.2, -0.15) is 0 Å². The molecule has 3 aromatic rings. The van der Waals surface area contributed by atoms with Crippen LogP contribution in [0.4, 0.5) is 5.69 Å². The molecule has 0 unspecified atom stereocenters. The summed E-state index contributed by atoms with van der Waals surface area (Å²) in [7, 11) is -4.26. The van der Waals surface area contributed by atoms with Gasteiger partial charge in [-0.25, -0.2) is 8.42 Å². The average Bonchev–Trinajstić information content (AvgIpc) is 3.00. The molecule has 1 N–H and O–H groups in total. The molecule has 8 nitrogen and oxygen atoms in total. The van der Waals surface area contributed by atoms with Gasteiger partial charge in [0, 0.05) is 22.6 Å². The first kappa shape index (κ1) is 32.6. The predicted octanol–water partition coefficient (Wildman–Crippen LogP) is 6.45. The Hall–Kier alpha value is -3.27. The first-order valence-electron chi connectivity index (χ1n) is 14.4. The van der Waals surface area contributed by atoms with Gasteiger partial charge in [0.25, 0.3) is 10.0 Å². The van der Waals surface area contributed by atoms with Crippen molar-refractivity contribution >= 4 is 50.7 Å². The summed E-state index contributed by atoms with van der Waals surface area (Å²) in [5, 5.41) is 4.02. The zero-order chi connectivity index (χ0) is 31.0. The second-order valence-corrected chi connectivity index (χ2v) is 13.3. The minimum Gasteiger partial charge on any atom is -0.492 e. The maximum Gasteiger partial charge on any atom is 0.264 e.